The summed E-state index contributed by atoms with van der Waals surface area (Å²) in [5.74, 6) is 0.772. The molecule has 0 aliphatic carbocycles. The second-order valence-corrected chi connectivity index (χ2v) is 4.60. The molecule has 1 N–H and O–H groups in total. The normalized spacial score (nSPS) is 12.4. The summed E-state index contributed by atoms with van der Waals surface area (Å²) in [6, 6.07) is 9.16. The van der Waals surface area contributed by atoms with Crippen LogP contribution >= 0.6 is 0 Å². The highest BCUT2D eigenvalue weighted by molar-refractivity contribution is 5.52. The van der Waals surface area contributed by atoms with Crippen LogP contribution < -0.4 is 5.32 Å². The number of nitrogens with one attached hydrogen (secondary N) is 1. The third-order valence-corrected chi connectivity index (χ3v) is 3.02. The Bertz CT molecular complexity index is 473. The van der Waals surface area contributed by atoms with Gasteiger partial charge in [-0.1, -0.05) is 12.1 Å². The lowest BCUT2D eigenvalue weighted by atomic mass is 10.1. The van der Waals surface area contributed by atoms with Gasteiger partial charge < -0.3 is 9.73 Å². The number of aryl methyl sites for hydroxylation is 2. The first-order valence-electron chi connectivity index (χ1n) is 6.21. The monoisotopic (exact) mass is 247 g/mol. The number of para-hydroxylation sites is 1. The molecule has 18 heavy (non-hydrogen) atoms. The summed E-state index contributed by atoms with van der Waals surface area (Å²) >= 11 is 0. The van der Waals surface area contributed by atoms with Crippen LogP contribution in [0.4, 0.5) is 10.1 Å². The SMILES string of the molecule is Cc1cccc(F)c1NC(C)CCc1ccco1. The molecule has 1 aromatic heterocycles. The average Bonchev–Trinajstić information content (AvgIpc) is 2.84. The van der Waals surface area contributed by atoms with Gasteiger partial charge in [-0.2, -0.15) is 0 Å². The van der Waals surface area contributed by atoms with Gasteiger partial charge in [-0.05, 0) is 44.0 Å². The van der Waals surface area contributed by atoms with Crippen molar-refractivity contribution in [2.75, 3.05) is 5.32 Å². The molecule has 1 aromatic carbocycles. The maximum atomic E-state index is 13.6. The third kappa shape index (κ3) is 3.13. The highest BCUT2D eigenvalue weighted by Gasteiger charge is 2.09. The minimum atomic E-state index is -0.195. The summed E-state index contributed by atoms with van der Waals surface area (Å²) in [4.78, 5) is 0. The molecule has 0 radical (unpaired) electrons. The van der Waals surface area contributed by atoms with Crippen molar-refractivity contribution in [3.8, 4) is 0 Å². The van der Waals surface area contributed by atoms with Crippen LogP contribution in [0.15, 0.2) is 41.0 Å². The van der Waals surface area contributed by atoms with Gasteiger partial charge in [0.15, 0.2) is 0 Å². The number of hydrogen-bond acceptors (Lipinski definition) is 2. The van der Waals surface area contributed by atoms with Gasteiger partial charge in [-0.15, -0.1) is 0 Å². The number of hydrogen-bond donors (Lipinski definition) is 1. The first-order valence-corrected chi connectivity index (χ1v) is 6.21. The van der Waals surface area contributed by atoms with Crippen LogP contribution in [0, 0.1) is 12.7 Å². The fraction of sp³-hybridized carbons (Fsp3) is 0.333. The molecule has 0 aliphatic heterocycles. The first kappa shape index (κ1) is 12.7. The molecular weight excluding hydrogens is 229 g/mol. The van der Waals surface area contributed by atoms with Crippen molar-refractivity contribution in [3.63, 3.8) is 0 Å². The minimum Gasteiger partial charge on any atom is -0.469 e. The Morgan fingerprint density at radius 1 is 1.28 bits per heavy atom. The van der Waals surface area contributed by atoms with E-state index in [0.29, 0.717) is 5.69 Å². The van der Waals surface area contributed by atoms with E-state index in [9.17, 15) is 4.39 Å². The summed E-state index contributed by atoms with van der Waals surface area (Å²) in [6.07, 6.45) is 3.43. The first-order chi connectivity index (χ1) is 8.66. The quantitative estimate of drug-likeness (QED) is 0.858. The summed E-state index contributed by atoms with van der Waals surface area (Å²) in [7, 11) is 0. The summed E-state index contributed by atoms with van der Waals surface area (Å²) in [5.41, 5.74) is 1.53. The number of benzene rings is 1. The van der Waals surface area contributed by atoms with E-state index in [4.69, 9.17) is 4.42 Å². The Balaban J connectivity index is 1.92. The molecule has 0 fully saturated rings. The van der Waals surface area contributed by atoms with Crippen LogP contribution in [-0.2, 0) is 6.42 Å². The van der Waals surface area contributed by atoms with Crippen LogP contribution in [0.3, 0.4) is 0 Å². The second-order valence-electron chi connectivity index (χ2n) is 4.60. The zero-order valence-electron chi connectivity index (χ0n) is 10.7. The van der Waals surface area contributed by atoms with Crippen LogP contribution in [0.2, 0.25) is 0 Å². The fourth-order valence-electron chi connectivity index (χ4n) is 1.95. The molecule has 1 unspecified atom stereocenters. The van der Waals surface area contributed by atoms with Crippen LogP contribution in [-0.4, -0.2) is 6.04 Å². The van der Waals surface area contributed by atoms with E-state index < -0.39 is 0 Å². The molecule has 1 atom stereocenters. The number of furan rings is 1. The van der Waals surface area contributed by atoms with Crippen LogP contribution in [0.1, 0.15) is 24.7 Å². The maximum absolute atomic E-state index is 13.6. The highest BCUT2D eigenvalue weighted by atomic mass is 19.1. The molecular formula is C15H18FNO. The summed E-state index contributed by atoms with van der Waals surface area (Å²) in [5, 5.41) is 3.22. The zero-order chi connectivity index (χ0) is 13.0. The molecule has 0 spiro atoms. The highest BCUT2D eigenvalue weighted by Crippen LogP contribution is 2.20. The second kappa shape index (κ2) is 5.71. The van der Waals surface area contributed by atoms with Crippen molar-refractivity contribution in [1.82, 2.24) is 0 Å². The van der Waals surface area contributed by atoms with Crippen molar-refractivity contribution in [2.24, 2.45) is 0 Å². The van der Waals surface area contributed by atoms with Gasteiger partial charge in [0, 0.05) is 12.5 Å². The Morgan fingerprint density at radius 2 is 2.11 bits per heavy atom. The number of anilines is 1. The van der Waals surface area contributed by atoms with Gasteiger partial charge in [0.25, 0.3) is 0 Å². The predicted molar refractivity (Wildman–Crippen MR) is 71.3 cm³/mol. The number of rotatable bonds is 5. The number of halogens is 1. The predicted octanol–water partition coefficient (Wildman–Crippen LogP) is 4.16. The average molecular weight is 247 g/mol. The Morgan fingerprint density at radius 3 is 2.78 bits per heavy atom. The molecule has 0 bridgehead atoms. The van der Waals surface area contributed by atoms with Gasteiger partial charge >= 0.3 is 0 Å². The molecule has 2 aromatic rings. The topological polar surface area (TPSA) is 25.2 Å². The van der Waals surface area contributed by atoms with Crippen molar-refractivity contribution in [2.45, 2.75) is 32.7 Å². The summed E-state index contributed by atoms with van der Waals surface area (Å²) in [6.45, 7) is 3.96. The van der Waals surface area contributed by atoms with Crippen molar-refractivity contribution >= 4 is 5.69 Å². The van der Waals surface area contributed by atoms with E-state index in [1.54, 1.807) is 12.3 Å². The Labute approximate surface area is 107 Å². The van der Waals surface area contributed by atoms with Gasteiger partial charge in [-0.25, -0.2) is 4.39 Å². The minimum absolute atomic E-state index is 0.195. The third-order valence-electron chi connectivity index (χ3n) is 3.02. The van der Waals surface area contributed by atoms with Crippen molar-refractivity contribution in [1.29, 1.82) is 0 Å². The van der Waals surface area contributed by atoms with E-state index in [1.165, 1.54) is 6.07 Å². The van der Waals surface area contributed by atoms with Crippen LogP contribution in [0.25, 0.3) is 0 Å². The molecule has 0 saturated carbocycles. The van der Waals surface area contributed by atoms with Gasteiger partial charge in [0.05, 0.1) is 12.0 Å². The van der Waals surface area contributed by atoms with E-state index in [2.05, 4.69) is 12.2 Å². The molecule has 0 amide bonds. The smallest absolute Gasteiger partial charge is 0.146 e. The molecule has 96 valence electrons. The van der Waals surface area contributed by atoms with E-state index in [-0.39, 0.29) is 11.9 Å². The largest absolute Gasteiger partial charge is 0.469 e. The summed E-state index contributed by atoms with van der Waals surface area (Å²) < 4.78 is 18.9. The van der Waals surface area contributed by atoms with Gasteiger partial charge in [0.2, 0.25) is 0 Å². The Hall–Kier alpha value is -1.77. The zero-order valence-corrected chi connectivity index (χ0v) is 10.7. The van der Waals surface area contributed by atoms with Gasteiger partial charge in [0.1, 0.15) is 11.6 Å². The lowest BCUT2D eigenvalue weighted by Crippen LogP contribution is -2.17. The Kier molecular flexibility index (Phi) is 4.03. The van der Waals surface area contributed by atoms with Gasteiger partial charge in [-0.3, -0.25) is 0 Å². The molecule has 0 saturated heterocycles. The van der Waals surface area contributed by atoms with Crippen molar-refractivity contribution in [3.05, 3.63) is 53.7 Å². The maximum Gasteiger partial charge on any atom is 0.146 e. The standard InChI is InChI=1S/C15H18FNO/c1-11-5-3-7-14(16)15(11)17-12(2)8-9-13-6-4-10-18-13/h3-7,10,12,17H,8-9H2,1-2H3. The lowest BCUT2D eigenvalue weighted by Gasteiger charge is -2.17. The van der Waals surface area contributed by atoms with E-state index in [1.807, 2.05) is 25.1 Å². The molecule has 2 nitrogen and oxygen atoms in total. The molecule has 1 heterocycles. The molecule has 2 rings (SSSR count). The lowest BCUT2D eigenvalue weighted by molar-refractivity contribution is 0.494. The van der Waals surface area contributed by atoms with E-state index in [0.717, 1.165) is 24.2 Å². The molecule has 0 aliphatic rings. The van der Waals surface area contributed by atoms with E-state index >= 15 is 0 Å². The van der Waals surface area contributed by atoms with Crippen LogP contribution in [0.5, 0.6) is 0 Å². The molecule has 3 heteroatoms. The fourth-order valence-corrected chi connectivity index (χ4v) is 1.95. The van der Waals surface area contributed by atoms with Crippen molar-refractivity contribution < 1.29 is 8.81 Å².